The van der Waals surface area contributed by atoms with Crippen molar-refractivity contribution in [3.8, 4) is 5.75 Å². The fourth-order valence-corrected chi connectivity index (χ4v) is 4.05. The monoisotopic (exact) mass is 438 g/mol. The van der Waals surface area contributed by atoms with Gasteiger partial charge in [0, 0.05) is 12.2 Å². The maximum Gasteiger partial charge on any atom is 0.290 e. The molecule has 0 aliphatic carbocycles. The quantitative estimate of drug-likeness (QED) is 0.313. The van der Waals surface area contributed by atoms with E-state index in [4.69, 9.17) is 4.74 Å². The number of carbonyl (C=O) groups excluding carboxylic acids is 2. The lowest BCUT2D eigenvalue weighted by molar-refractivity contribution is -0.115. The molecule has 2 heterocycles. The number of thioether (sulfide) groups is 2. The number of nitrogens with one attached hydrogen (secondary N) is 2. The lowest BCUT2D eigenvalue weighted by Gasteiger charge is -2.05. The third kappa shape index (κ3) is 5.52. The first-order valence-electron chi connectivity index (χ1n) is 9.21. The lowest BCUT2D eigenvalue weighted by atomic mass is 10.1. The van der Waals surface area contributed by atoms with Crippen LogP contribution in [-0.4, -0.2) is 38.7 Å². The zero-order chi connectivity index (χ0) is 20.8. The van der Waals surface area contributed by atoms with Crippen molar-refractivity contribution in [2.24, 2.45) is 0 Å². The minimum absolute atomic E-state index is 0.345. The number of benzene rings is 2. The van der Waals surface area contributed by atoms with E-state index in [2.05, 4.69) is 32.6 Å². The van der Waals surface area contributed by atoms with Crippen LogP contribution in [0.3, 0.4) is 0 Å². The van der Waals surface area contributed by atoms with Crippen LogP contribution in [0.15, 0.2) is 64.7 Å². The number of ether oxygens (including phenoxy) is 1. The molecule has 1 aliphatic rings. The number of aromatic amines is 1. The predicted octanol–water partition coefficient (Wildman–Crippen LogP) is 3.89. The van der Waals surface area contributed by atoms with Crippen molar-refractivity contribution in [3.63, 3.8) is 0 Å². The molecule has 30 heavy (non-hydrogen) atoms. The molecule has 1 fully saturated rings. The first kappa shape index (κ1) is 20.2. The van der Waals surface area contributed by atoms with Gasteiger partial charge in [0.15, 0.2) is 0 Å². The number of amides is 2. The Morgan fingerprint density at radius 1 is 1.07 bits per heavy atom. The van der Waals surface area contributed by atoms with Crippen LogP contribution in [0.1, 0.15) is 17.0 Å². The number of hydrogen-bond acceptors (Lipinski definition) is 7. The van der Waals surface area contributed by atoms with Crippen LogP contribution in [0.4, 0.5) is 4.79 Å². The Balaban J connectivity index is 1.22. The predicted molar refractivity (Wildman–Crippen MR) is 117 cm³/mol. The summed E-state index contributed by atoms with van der Waals surface area (Å²) in [5, 5.41) is 9.80. The van der Waals surface area contributed by atoms with Gasteiger partial charge in [0.05, 0.1) is 11.5 Å². The van der Waals surface area contributed by atoms with Crippen molar-refractivity contribution in [1.82, 2.24) is 20.5 Å². The summed E-state index contributed by atoms with van der Waals surface area (Å²) in [4.78, 5) is 27.7. The summed E-state index contributed by atoms with van der Waals surface area (Å²) in [5.41, 5.74) is 2.02. The van der Waals surface area contributed by atoms with Gasteiger partial charge < -0.3 is 4.74 Å². The molecular weight excluding hydrogens is 420 g/mol. The van der Waals surface area contributed by atoms with Gasteiger partial charge in [-0.2, -0.15) is 0 Å². The highest BCUT2D eigenvalue weighted by atomic mass is 32.2. The maximum atomic E-state index is 11.6. The summed E-state index contributed by atoms with van der Waals surface area (Å²) in [6.07, 6.45) is 2.41. The fourth-order valence-electron chi connectivity index (χ4n) is 2.74. The van der Waals surface area contributed by atoms with E-state index in [1.807, 2.05) is 42.5 Å². The van der Waals surface area contributed by atoms with E-state index >= 15 is 0 Å². The number of hydrogen-bond donors (Lipinski definition) is 2. The second kappa shape index (κ2) is 9.64. The first-order chi connectivity index (χ1) is 14.7. The molecule has 2 aromatic carbocycles. The molecule has 0 unspecified atom stereocenters. The minimum Gasteiger partial charge on any atom is -0.493 e. The first-order valence-corrected chi connectivity index (χ1v) is 11.0. The average Bonchev–Trinajstić information content (AvgIpc) is 3.32. The highest BCUT2D eigenvalue weighted by Gasteiger charge is 2.24. The molecule has 7 nitrogen and oxygen atoms in total. The fraction of sp³-hybridized carbons (Fsp3) is 0.143. The molecule has 4 rings (SSSR count). The zero-order valence-electron chi connectivity index (χ0n) is 15.8. The second-order valence-corrected chi connectivity index (χ2v) is 8.42. The molecule has 0 radical (unpaired) electrons. The van der Waals surface area contributed by atoms with E-state index in [0.717, 1.165) is 35.3 Å². The molecule has 1 saturated heterocycles. The van der Waals surface area contributed by atoms with Crippen LogP contribution in [-0.2, 0) is 11.2 Å². The Hall–Kier alpha value is -3.04. The highest BCUT2D eigenvalue weighted by molar-refractivity contribution is 8.18. The molecule has 3 aromatic rings. The summed E-state index contributed by atoms with van der Waals surface area (Å²) in [6.45, 7) is 0.514. The van der Waals surface area contributed by atoms with Gasteiger partial charge in [0.2, 0.25) is 5.16 Å². The largest absolute Gasteiger partial charge is 0.493 e. The highest BCUT2D eigenvalue weighted by Crippen LogP contribution is 2.26. The summed E-state index contributed by atoms with van der Waals surface area (Å²) >= 11 is 2.43. The van der Waals surface area contributed by atoms with Crippen LogP contribution < -0.4 is 10.1 Å². The zero-order valence-corrected chi connectivity index (χ0v) is 17.5. The van der Waals surface area contributed by atoms with Crippen molar-refractivity contribution in [1.29, 1.82) is 0 Å². The lowest BCUT2D eigenvalue weighted by Crippen LogP contribution is -2.17. The smallest absolute Gasteiger partial charge is 0.290 e. The van der Waals surface area contributed by atoms with Crippen molar-refractivity contribution >= 4 is 40.7 Å². The summed E-state index contributed by atoms with van der Waals surface area (Å²) in [5.74, 6) is 1.93. The molecule has 0 spiro atoms. The summed E-state index contributed by atoms with van der Waals surface area (Å²) in [7, 11) is 0. The third-order valence-corrected chi connectivity index (χ3v) is 5.75. The third-order valence-electron chi connectivity index (χ3n) is 4.13. The number of aromatic nitrogens is 3. The molecule has 152 valence electrons. The second-order valence-electron chi connectivity index (χ2n) is 6.35. The van der Waals surface area contributed by atoms with Gasteiger partial charge in [0.25, 0.3) is 11.1 Å². The molecule has 1 aliphatic heterocycles. The van der Waals surface area contributed by atoms with Gasteiger partial charge in [-0.1, -0.05) is 54.2 Å². The molecule has 0 saturated carbocycles. The van der Waals surface area contributed by atoms with Crippen molar-refractivity contribution in [3.05, 3.63) is 76.5 Å². The standard InChI is InChI=1S/C21H18N4O3S2/c26-19-17(30-21(27)23-19)12-15-6-8-16(9-7-15)28-10-11-29-20-22-18(24-25-20)13-14-4-2-1-3-5-14/h1-9,12H,10-11,13H2,(H,22,24,25)(H,23,26,27)/b17-12-. The van der Waals surface area contributed by atoms with E-state index in [9.17, 15) is 9.59 Å². The Morgan fingerprint density at radius 3 is 2.60 bits per heavy atom. The van der Waals surface area contributed by atoms with Gasteiger partial charge in [-0.3, -0.25) is 20.0 Å². The maximum absolute atomic E-state index is 11.6. The van der Waals surface area contributed by atoms with Crippen molar-refractivity contribution < 1.29 is 14.3 Å². The van der Waals surface area contributed by atoms with E-state index in [0.29, 0.717) is 22.4 Å². The van der Waals surface area contributed by atoms with Gasteiger partial charge in [-0.15, -0.1) is 5.10 Å². The Labute approximate surface area is 181 Å². The van der Waals surface area contributed by atoms with Gasteiger partial charge in [-0.25, -0.2) is 4.98 Å². The topological polar surface area (TPSA) is 97.0 Å². The van der Waals surface area contributed by atoms with E-state index < -0.39 is 0 Å². The molecule has 0 bridgehead atoms. The van der Waals surface area contributed by atoms with Crippen LogP contribution in [0.25, 0.3) is 6.08 Å². The number of carbonyl (C=O) groups is 2. The number of H-pyrrole nitrogens is 1. The minimum atomic E-state index is -0.360. The Bertz CT molecular complexity index is 1070. The molecule has 2 amide bonds. The molecule has 1 aromatic heterocycles. The van der Waals surface area contributed by atoms with Crippen LogP contribution in [0, 0.1) is 0 Å². The Morgan fingerprint density at radius 2 is 1.87 bits per heavy atom. The van der Waals surface area contributed by atoms with Crippen LogP contribution in [0.2, 0.25) is 0 Å². The average molecular weight is 439 g/mol. The van der Waals surface area contributed by atoms with E-state index in [1.165, 1.54) is 17.3 Å². The summed E-state index contributed by atoms with van der Waals surface area (Å²) in [6, 6.07) is 17.5. The van der Waals surface area contributed by atoms with Gasteiger partial charge in [-0.05, 0) is 41.1 Å². The van der Waals surface area contributed by atoms with Crippen molar-refractivity contribution in [2.45, 2.75) is 11.6 Å². The van der Waals surface area contributed by atoms with Gasteiger partial charge in [0.1, 0.15) is 11.6 Å². The van der Waals surface area contributed by atoms with Crippen LogP contribution >= 0.6 is 23.5 Å². The molecule has 2 N–H and O–H groups in total. The van der Waals surface area contributed by atoms with Crippen LogP contribution in [0.5, 0.6) is 5.75 Å². The molecule has 0 atom stereocenters. The van der Waals surface area contributed by atoms with E-state index in [-0.39, 0.29) is 11.1 Å². The normalized spacial score (nSPS) is 14.9. The molecule has 9 heteroatoms. The SMILES string of the molecule is O=C1NC(=O)/C(=C/c2ccc(OCCSc3n[nH]c(Cc4ccccc4)n3)cc2)S1. The molecular formula is C21H18N4O3S2. The van der Waals surface area contributed by atoms with E-state index in [1.54, 1.807) is 6.08 Å². The Kier molecular flexibility index (Phi) is 6.50. The number of imide groups is 1. The summed E-state index contributed by atoms with van der Waals surface area (Å²) < 4.78 is 5.75. The number of rotatable bonds is 8. The number of nitrogens with zero attached hydrogens (tertiary/aromatic N) is 2. The van der Waals surface area contributed by atoms with Crippen molar-refractivity contribution in [2.75, 3.05) is 12.4 Å². The van der Waals surface area contributed by atoms with Gasteiger partial charge >= 0.3 is 0 Å².